The predicted octanol–water partition coefficient (Wildman–Crippen LogP) is 5.07. The smallest absolute Gasteiger partial charge is 0.301 e. The summed E-state index contributed by atoms with van der Waals surface area (Å²) >= 11 is 12.3. The van der Waals surface area contributed by atoms with E-state index in [1.807, 2.05) is 6.07 Å². The van der Waals surface area contributed by atoms with Crippen molar-refractivity contribution in [1.29, 1.82) is 5.26 Å². The Hall–Kier alpha value is -3.09. The van der Waals surface area contributed by atoms with Gasteiger partial charge in [-0.25, -0.2) is 13.8 Å². The number of halogens is 4. The Morgan fingerprint density at radius 2 is 2.09 bits per heavy atom. The minimum Gasteiger partial charge on any atom is -0.480 e. The van der Waals surface area contributed by atoms with Crippen molar-refractivity contribution in [3.63, 3.8) is 0 Å². The Kier molecular flexibility index (Phi) is 5.10. The fraction of sp³-hybridized carbons (Fsp3) is 0.318. The van der Waals surface area contributed by atoms with Crippen molar-refractivity contribution in [2.75, 3.05) is 17.2 Å². The molecule has 0 spiro atoms. The number of nitriles is 1. The number of fused-ring (bicyclic) bond motifs is 3. The van der Waals surface area contributed by atoms with Crippen LogP contribution in [0.4, 0.5) is 26.0 Å². The number of pyridine rings is 2. The molecule has 11 heteroatoms. The minimum atomic E-state index is -3.12. The van der Waals surface area contributed by atoms with Crippen LogP contribution in [-0.2, 0) is 7.05 Å². The van der Waals surface area contributed by atoms with E-state index in [2.05, 4.69) is 15.6 Å². The van der Waals surface area contributed by atoms with Crippen LogP contribution in [-0.4, -0.2) is 28.1 Å². The van der Waals surface area contributed by atoms with E-state index in [4.69, 9.17) is 33.2 Å². The fourth-order valence-electron chi connectivity index (χ4n) is 4.06. The zero-order valence-electron chi connectivity index (χ0n) is 17.3. The van der Waals surface area contributed by atoms with Crippen LogP contribution >= 0.6 is 23.2 Å². The first-order valence-electron chi connectivity index (χ1n) is 10.2. The molecule has 1 saturated carbocycles. The van der Waals surface area contributed by atoms with Crippen LogP contribution in [0.15, 0.2) is 29.1 Å². The van der Waals surface area contributed by atoms with Crippen LogP contribution in [0, 0.1) is 17.2 Å². The Balaban J connectivity index is 1.63. The molecule has 2 aromatic heterocycles. The molecule has 170 valence electrons. The summed E-state index contributed by atoms with van der Waals surface area (Å²) in [7, 11) is 1.56. The molecule has 0 amide bonds. The number of benzene rings is 1. The maximum Gasteiger partial charge on any atom is 0.301 e. The molecular formula is C22H17Cl2F2N5O2. The van der Waals surface area contributed by atoms with Crippen molar-refractivity contribution < 1.29 is 13.5 Å². The Bertz CT molecular complexity index is 1400. The number of aromatic nitrogens is 2. The summed E-state index contributed by atoms with van der Waals surface area (Å²) in [5.41, 5.74) is 0.945. The highest BCUT2D eigenvalue weighted by atomic mass is 35.5. The molecule has 1 fully saturated rings. The Morgan fingerprint density at radius 1 is 1.33 bits per heavy atom. The van der Waals surface area contributed by atoms with Crippen LogP contribution in [0.5, 0.6) is 5.75 Å². The SMILES string of the molecule is Cn1c(=O)c2c(c3cc(Nc4nc(Cl)c(C#N)cc4Cl)ccc31)N[C@@H](C1CC1)C(F)(F)CO2. The summed E-state index contributed by atoms with van der Waals surface area (Å²) in [5, 5.41) is 15.7. The van der Waals surface area contributed by atoms with Gasteiger partial charge in [-0.05, 0) is 43.0 Å². The van der Waals surface area contributed by atoms with E-state index < -0.39 is 24.1 Å². The minimum absolute atomic E-state index is 0.00831. The molecule has 1 atom stereocenters. The predicted molar refractivity (Wildman–Crippen MR) is 122 cm³/mol. The molecule has 5 rings (SSSR count). The van der Waals surface area contributed by atoms with Crippen LogP contribution in [0.2, 0.25) is 10.2 Å². The van der Waals surface area contributed by atoms with Crippen molar-refractivity contribution in [1.82, 2.24) is 9.55 Å². The zero-order chi connectivity index (χ0) is 23.5. The van der Waals surface area contributed by atoms with Gasteiger partial charge < -0.3 is 19.9 Å². The summed E-state index contributed by atoms with van der Waals surface area (Å²) in [4.78, 5) is 17.0. The molecule has 3 aromatic rings. The van der Waals surface area contributed by atoms with Crippen molar-refractivity contribution in [2.45, 2.75) is 24.8 Å². The Labute approximate surface area is 196 Å². The summed E-state index contributed by atoms with van der Waals surface area (Å²) in [6.07, 6.45) is 1.39. The van der Waals surface area contributed by atoms with Gasteiger partial charge in [-0.1, -0.05) is 23.2 Å². The molecule has 0 radical (unpaired) electrons. The van der Waals surface area contributed by atoms with Gasteiger partial charge in [0.15, 0.2) is 12.4 Å². The number of hydrogen-bond acceptors (Lipinski definition) is 6. The standard InChI is InChI=1S/C22H17Cl2F2N5O2/c1-31-15-5-4-12(28-20-14(23)6-11(8-27)19(24)30-20)7-13(15)16-17(21(31)32)33-9-22(25,26)18(29-16)10-2-3-10/h4-7,10,18,29H,2-3,9H2,1H3,(H,28,30)/t18-/m0/s1. The Morgan fingerprint density at radius 3 is 2.79 bits per heavy atom. The fourth-order valence-corrected chi connectivity index (χ4v) is 4.44. The van der Waals surface area contributed by atoms with Gasteiger partial charge in [0.1, 0.15) is 11.2 Å². The molecule has 1 aliphatic carbocycles. The third-order valence-corrected chi connectivity index (χ3v) is 6.50. The second-order valence-corrected chi connectivity index (χ2v) is 8.97. The van der Waals surface area contributed by atoms with Crippen molar-refractivity contribution >= 4 is 51.3 Å². The first-order valence-corrected chi connectivity index (χ1v) is 10.9. The van der Waals surface area contributed by atoms with E-state index in [-0.39, 0.29) is 38.9 Å². The van der Waals surface area contributed by atoms with E-state index in [9.17, 15) is 13.6 Å². The van der Waals surface area contributed by atoms with Crippen LogP contribution < -0.4 is 20.9 Å². The average Bonchev–Trinajstić information content (AvgIpc) is 3.62. The number of rotatable bonds is 3. The molecule has 1 aromatic carbocycles. The van der Waals surface area contributed by atoms with Gasteiger partial charge in [0, 0.05) is 18.1 Å². The van der Waals surface area contributed by atoms with Crippen molar-refractivity contribution in [3.05, 3.63) is 50.4 Å². The highest BCUT2D eigenvalue weighted by molar-refractivity contribution is 6.35. The second kappa shape index (κ2) is 7.75. The normalized spacial score (nSPS) is 19.1. The number of alkyl halides is 2. The molecular weight excluding hydrogens is 475 g/mol. The second-order valence-electron chi connectivity index (χ2n) is 8.20. The molecule has 33 heavy (non-hydrogen) atoms. The lowest BCUT2D eigenvalue weighted by Crippen LogP contribution is -2.44. The molecule has 0 unspecified atom stereocenters. The van der Waals surface area contributed by atoms with Crippen molar-refractivity contribution in [2.24, 2.45) is 13.0 Å². The summed E-state index contributed by atoms with van der Waals surface area (Å²) in [6.45, 7) is -0.865. The highest BCUT2D eigenvalue weighted by Gasteiger charge is 2.51. The largest absolute Gasteiger partial charge is 0.480 e. The summed E-state index contributed by atoms with van der Waals surface area (Å²) in [5.74, 6) is -3.21. The van der Waals surface area contributed by atoms with Gasteiger partial charge in [0.25, 0.3) is 5.56 Å². The molecule has 2 N–H and O–H groups in total. The maximum atomic E-state index is 14.8. The lowest BCUT2D eigenvalue weighted by molar-refractivity contribution is -0.0579. The molecule has 1 aliphatic heterocycles. The topological polar surface area (TPSA) is 92.0 Å². The van der Waals surface area contributed by atoms with E-state index >= 15 is 0 Å². The zero-order valence-corrected chi connectivity index (χ0v) is 18.8. The lowest BCUT2D eigenvalue weighted by Gasteiger charge is -2.25. The van der Waals surface area contributed by atoms with Gasteiger partial charge >= 0.3 is 5.92 Å². The monoisotopic (exact) mass is 491 g/mol. The number of nitrogens with zero attached hydrogens (tertiary/aromatic N) is 3. The molecule has 7 nitrogen and oxygen atoms in total. The molecule has 2 aliphatic rings. The summed E-state index contributed by atoms with van der Waals surface area (Å²) < 4.78 is 36.2. The first-order chi connectivity index (χ1) is 15.7. The molecule has 0 bridgehead atoms. The van der Waals surface area contributed by atoms with Gasteiger partial charge in [0.05, 0.1) is 27.8 Å². The third kappa shape index (κ3) is 3.73. The van der Waals surface area contributed by atoms with Gasteiger partial charge in [0.2, 0.25) is 5.75 Å². The third-order valence-electron chi connectivity index (χ3n) is 5.92. The summed E-state index contributed by atoms with van der Waals surface area (Å²) in [6, 6.07) is 7.26. The molecule has 0 saturated heterocycles. The van der Waals surface area contributed by atoms with Gasteiger partial charge in [-0.15, -0.1) is 0 Å². The lowest BCUT2D eigenvalue weighted by atomic mass is 10.0. The number of ether oxygens (including phenoxy) is 1. The average molecular weight is 492 g/mol. The number of hydrogen-bond donors (Lipinski definition) is 2. The number of aryl methyl sites for hydroxylation is 1. The van der Waals surface area contributed by atoms with E-state index in [0.29, 0.717) is 29.4 Å². The van der Waals surface area contributed by atoms with Crippen molar-refractivity contribution in [3.8, 4) is 11.8 Å². The quantitative estimate of drug-likeness (QED) is 0.496. The van der Waals surface area contributed by atoms with Crippen LogP contribution in [0.1, 0.15) is 18.4 Å². The van der Waals surface area contributed by atoms with E-state index in [1.54, 1.807) is 25.2 Å². The number of anilines is 3. The van der Waals surface area contributed by atoms with E-state index in [0.717, 1.165) is 0 Å². The molecule has 3 heterocycles. The van der Waals surface area contributed by atoms with E-state index in [1.165, 1.54) is 10.6 Å². The van der Waals surface area contributed by atoms with Gasteiger partial charge in [-0.3, -0.25) is 4.79 Å². The number of nitrogens with one attached hydrogen (secondary N) is 2. The van der Waals surface area contributed by atoms with Crippen LogP contribution in [0.3, 0.4) is 0 Å². The van der Waals surface area contributed by atoms with Crippen LogP contribution in [0.25, 0.3) is 10.9 Å². The van der Waals surface area contributed by atoms with Gasteiger partial charge in [-0.2, -0.15) is 5.26 Å². The first kappa shape index (κ1) is 21.7. The maximum absolute atomic E-state index is 14.8. The highest BCUT2D eigenvalue weighted by Crippen LogP contribution is 2.45.